The van der Waals surface area contributed by atoms with Crippen LogP contribution in [0.4, 0.5) is 0 Å². The molecule has 0 saturated carbocycles. The number of nitrogens with one attached hydrogen (secondary N) is 2. The van der Waals surface area contributed by atoms with Crippen LogP contribution in [0.25, 0.3) is 0 Å². The van der Waals surface area contributed by atoms with E-state index in [-0.39, 0.29) is 12.4 Å². The van der Waals surface area contributed by atoms with Crippen LogP contribution in [0.3, 0.4) is 0 Å². The normalized spacial score (nSPS) is 17.1. The first kappa shape index (κ1) is 26.4. The number of ether oxygens (including phenoxy) is 1. The number of aromatic hydroxyl groups is 1. The van der Waals surface area contributed by atoms with E-state index in [4.69, 9.17) is 21.4 Å². The summed E-state index contributed by atoms with van der Waals surface area (Å²) in [5.74, 6) is -0.276. The predicted octanol–water partition coefficient (Wildman–Crippen LogP) is 5.31. The maximum Gasteiger partial charge on any atom is 0.338 e. The number of phenols is 1. The van der Waals surface area contributed by atoms with Crippen molar-refractivity contribution in [1.29, 1.82) is 0 Å². The molecule has 0 saturated heterocycles. The number of carbonyl (C=O) groups is 1. The molecule has 0 bridgehead atoms. The molecular weight excluding hydrogens is 440 g/mol. The maximum atomic E-state index is 13.0. The molecule has 1 aliphatic rings. The molecule has 32 heavy (non-hydrogen) atoms. The first-order valence-electron chi connectivity index (χ1n) is 11.4. The maximum absolute atomic E-state index is 13.0. The molecule has 6 nitrogen and oxygen atoms in total. The van der Waals surface area contributed by atoms with E-state index < -0.39 is 20.3 Å². The van der Waals surface area contributed by atoms with E-state index in [1.165, 1.54) is 0 Å². The van der Waals surface area contributed by atoms with Gasteiger partial charge < -0.3 is 24.9 Å². The summed E-state index contributed by atoms with van der Waals surface area (Å²) < 4.78 is 12.1. The number of phenolic OH excluding ortho intramolecular Hbond substituents is 1. The van der Waals surface area contributed by atoms with Crippen molar-refractivity contribution in [3.8, 4) is 5.75 Å². The van der Waals surface area contributed by atoms with Crippen molar-refractivity contribution in [1.82, 2.24) is 10.6 Å². The third-order valence-electron chi connectivity index (χ3n) is 6.26. The minimum Gasteiger partial charge on any atom is -0.508 e. The van der Waals surface area contributed by atoms with E-state index in [2.05, 4.69) is 52.2 Å². The zero-order valence-electron chi connectivity index (χ0n) is 20.3. The van der Waals surface area contributed by atoms with Gasteiger partial charge in [-0.25, -0.2) is 4.79 Å². The second-order valence-electron chi connectivity index (χ2n) is 9.16. The fourth-order valence-corrected chi connectivity index (χ4v) is 10.7. The molecule has 3 N–H and O–H groups in total. The van der Waals surface area contributed by atoms with Gasteiger partial charge in [0.05, 0.1) is 18.2 Å². The number of thiocarbonyl (C=S) groups is 1. The van der Waals surface area contributed by atoms with Crippen molar-refractivity contribution in [3.63, 3.8) is 0 Å². The molecule has 1 heterocycles. The Hall–Kier alpha value is -1.90. The quantitative estimate of drug-likeness (QED) is 0.239. The predicted molar refractivity (Wildman–Crippen MR) is 135 cm³/mol. The number of carbonyl (C=O) groups excluding carboxylic acids is 1. The largest absolute Gasteiger partial charge is 0.508 e. The number of benzene rings is 1. The summed E-state index contributed by atoms with van der Waals surface area (Å²) in [6.45, 7) is 16.1. The summed E-state index contributed by atoms with van der Waals surface area (Å²) >= 11 is 5.44. The molecule has 1 unspecified atom stereocenters. The van der Waals surface area contributed by atoms with Crippen molar-refractivity contribution in [2.75, 3.05) is 13.2 Å². The van der Waals surface area contributed by atoms with E-state index in [9.17, 15) is 9.90 Å². The molecule has 2 rings (SSSR count). The lowest BCUT2D eigenvalue weighted by Gasteiger charge is -2.42. The second-order valence-corrected chi connectivity index (χ2v) is 15.0. The molecular formula is C24H38N2O4SSi. The van der Waals surface area contributed by atoms with E-state index in [0.717, 1.165) is 5.56 Å². The number of hydrogen-bond donors (Lipinski definition) is 3. The topological polar surface area (TPSA) is 79.8 Å². The van der Waals surface area contributed by atoms with Gasteiger partial charge in [0.1, 0.15) is 5.75 Å². The van der Waals surface area contributed by atoms with Gasteiger partial charge in [0.2, 0.25) is 0 Å². The molecule has 1 aromatic carbocycles. The molecule has 0 spiro atoms. The monoisotopic (exact) mass is 478 g/mol. The molecule has 0 aromatic heterocycles. The summed E-state index contributed by atoms with van der Waals surface area (Å²) in [4.78, 5) is 13.0. The first-order valence-corrected chi connectivity index (χ1v) is 14.0. The highest BCUT2D eigenvalue weighted by molar-refractivity contribution is 7.80. The van der Waals surface area contributed by atoms with E-state index in [1.54, 1.807) is 25.1 Å². The summed E-state index contributed by atoms with van der Waals surface area (Å²) in [5.41, 5.74) is 3.35. The van der Waals surface area contributed by atoms with Crippen molar-refractivity contribution in [3.05, 3.63) is 41.1 Å². The molecule has 1 atom stereocenters. The highest BCUT2D eigenvalue weighted by Crippen LogP contribution is 2.42. The van der Waals surface area contributed by atoms with E-state index >= 15 is 0 Å². The Bertz CT molecular complexity index is 832. The van der Waals surface area contributed by atoms with Crippen LogP contribution in [0, 0.1) is 0 Å². The lowest BCUT2D eigenvalue weighted by Crippen LogP contribution is -2.49. The SMILES string of the molecule is CCOC(=O)C1=C(CCO[Si](C(C)C)(C(C)C)C(C)C)NC(=S)NC1c1cccc(O)c1. The van der Waals surface area contributed by atoms with Gasteiger partial charge in [0.15, 0.2) is 13.4 Å². The lowest BCUT2D eigenvalue weighted by molar-refractivity contribution is -0.139. The Kier molecular flexibility index (Phi) is 9.30. The minimum absolute atomic E-state index is 0.128. The van der Waals surface area contributed by atoms with Gasteiger partial charge in [-0.15, -0.1) is 0 Å². The van der Waals surface area contributed by atoms with Gasteiger partial charge in [-0.05, 0) is 53.5 Å². The van der Waals surface area contributed by atoms with Crippen molar-refractivity contribution in [2.45, 2.75) is 77.6 Å². The highest BCUT2D eigenvalue weighted by Gasteiger charge is 2.45. The lowest BCUT2D eigenvalue weighted by atomic mass is 9.94. The van der Waals surface area contributed by atoms with Crippen molar-refractivity contribution in [2.24, 2.45) is 0 Å². The van der Waals surface area contributed by atoms with Gasteiger partial charge in [-0.2, -0.15) is 0 Å². The van der Waals surface area contributed by atoms with Crippen LogP contribution in [0.5, 0.6) is 5.75 Å². The van der Waals surface area contributed by atoms with Crippen LogP contribution < -0.4 is 10.6 Å². The molecule has 0 amide bonds. The smallest absolute Gasteiger partial charge is 0.338 e. The molecule has 8 heteroatoms. The molecule has 1 aliphatic heterocycles. The van der Waals surface area contributed by atoms with Crippen LogP contribution in [-0.4, -0.2) is 37.7 Å². The van der Waals surface area contributed by atoms with Gasteiger partial charge in [0, 0.05) is 18.7 Å². The average Bonchev–Trinajstić information content (AvgIpc) is 2.70. The van der Waals surface area contributed by atoms with Crippen LogP contribution >= 0.6 is 12.2 Å². The third-order valence-corrected chi connectivity index (χ3v) is 12.6. The van der Waals surface area contributed by atoms with Crippen molar-refractivity contribution < 1.29 is 19.1 Å². The average molecular weight is 479 g/mol. The van der Waals surface area contributed by atoms with Gasteiger partial charge in [-0.1, -0.05) is 53.7 Å². The Morgan fingerprint density at radius 2 is 1.78 bits per heavy atom. The first-order chi connectivity index (χ1) is 15.0. The van der Waals surface area contributed by atoms with E-state index in [1.807, 2.05) is 6.07 Å². The Morgan fingerprint density at radius 1 is 1.16 bits per heavy atom. The third kappa shape index (κ3) is 5.71. The van der Waals surface area contributed by atoms with Crippen LogP contribution in [-0.2, 0) is 14.0 Å². The van der Waals surface area contributed by atoms with Crippen LogP contribution in [0.2, 0.25) is 16.6 Å². The van der Waals surface area contributed by atoms with Gasteiger partial charge >= 0.3 is 5.97 Å². The summed E-state index contributed by atoms with van der Waals surface area (Å²) in [7, 11) is -2.03. The summed E-state index contributed by atoms with van der Waals surface area (Å²) in [6, 6.07) is 6.32. The molecule has 1 aromatic rings. The van der Waals surface area contributed by atoms with Gasteiger partial charge in [0.25, 0.3) is 0 Å². The second kappa shape index (κ2) is 11.3. The Morgan fingerprint density at radius 3 is 2.31 bits per heavy atom. The van der Waals surface area contributed by atoms with Crippen LogP contribution in [0.15, 0.2) is 35.5 Å². The molecule has 0 fully saturated rings. The van der Waals surface area contributed by atoms with E-state index in [0.29, 0.717) is 46.0 Å². The zero-order chi connectivity index (χ0) is 24.1. The molecule has 0 aliphatic carbocycles. The Balaban J connectivity index is 2.40. The summed E-state index contributed by atoms with van der Waals surface area (Å²) in [5, 5.41) is 16.7. The standard InChI is InChI=1S/C24H38N2O4SSi/c1-8-29-23(28)21-20(12-13-30-32(15(2)3,16(4)5)17(6)7)25-24(31)26-22(21)18-10-9-11-19(27)14-18/h9-11,14-17,22,27H,8,12-13H2,1-7H3,(H2,25,26,31). The van der Waals surface area contributed by atoms with Crippen LogP contribution in [0.1, 0.15) is 66.5 Å². The number of hydrogen-bond acceptors (Lipinski definition) is 5. The summed E-state index contributed by atoms with van der Waals surface area (Å²) in [6.07, 6.45) is 0.520. The molecule has 178 valence electrons. The highest BCUT2D eigenvalue weighted by atomic mass is 32.1. The number of rotatable bonds is 10. The van der Waals surface area contributed by atoms with Crippen molar-refractivity contribution >= 4 is 31.6 Å². The van der Waals surface area contributed by atoms with Gasteiger partial charge in [-0.3, -0.25) is 0 Å². The fraction of sp³-hybridized carbons (Fsp3) is 0.583. The zero-order valence-corrected chi connectivity index (χ0v) is 22.1. The number of esters is 1. The minimum atomic E-state index is -2.03. The fourth-order valence-electron chi connectivity index (χ4n) is 5.05. The molecule has 0 radical (unpaired) electrons. The Labute approximate surface area is 198 Å².